The molecule has 1 aliphatic rings. The molecule has 12 heteroatoms. The van der Waals surface area contributed by atoms with E-state index < -0.39 is 60.2 Å². The van der Waals surface area contributed by atoms with Crippen molar-refractivity contribution in [1.82, 2.24) is 0 Å². The van der Waals surface area contributed by atoms with Gasteiger partial charge in [0.1, 0.15) is 18.3 Å². The van der Waals surface area contributed by atoms with Crippen LogP contribution in [0.4, 0.5) is 0 Å². The van der Waals surface area contributed by atoms with E-state index in [1.165, 1.54) is 98.3 Å². The third kappa shape index (κ3) is 22.9. The van der Waals surface area contributed by atoms with Crippen LogP contribution >= 0.6 is 0 Å². The second-order valence-corrected chi connectivity index (χ2v) is 14.3. The van der Waals surface area contributed by atoms with E-state index in [-0.39, 0.29) is 12.6 Å². The normalized spacial score (nSPS) is 20.5. The minimum absolute atomic E-state index is 0.0883. The predicted molar refractivity (Wildman–Crippen MR) is 187 cm³/mol. The first-order valence-electron chi connectivity index (χ1n) is 18.8. The van der Waals surface area contributed by atoms with Crippen molar-refractivity contribution in [3.63, 3.8) is 0 Å². The van der Waals surface area contributed by atoms with Crippen molar-refractivity contribution in [2.24, 2.45) is 0 Å². The first kappa shape index (κ1) is 45.3. The highest BCUT2D eigenvalue weighted by molar-refractivity contribution is 5.70. The monoisotopic (exact) mass is 714 g/mol. The minimum Gasteiger partial charge on any atom is -0.463 e. The van der Waals surface area contributed by atoms with Crippen LogP contribution in [0.5, 0.6) is 0 Å². The van der Waals surface area contributed by atoms with E-state index >= 15 is 0 Å². The second kappa shape index (κ2) is 26.1. The van der Waals surface area contributed by atoms with Gasteiger partial charge in [-0.2, -0.15) is 0 Å². The van der Waals surface area contributed by atoms with Crippen LogP contribution in [0.2, 0.25) is 0 Å². The molecule has 12 nitrogen and oxygen atoms in total. The number of rotatable bonds is 26. The first-order chi connectivity index (χ1) is 23.7. The summed E-state index contributed by atoms with van der Waals surface area (Å²) < 4.78 is 38.6. The van der Waals surface area contributed by atoms with Crippen LogP contribution in [-0.4, -0.2) is 79.4 Å². The van der Waals surface area contributed by atoms with E-state index in [0.717, 1.165) is 38.5 Å². The molecule has 0 spiro atoms. The van der Waals surface area contributed by atoms with Gasteiger partial charge in [0.2, 0.25) is 0 Å². The van der Waals surface area contributed by atoms with Gasteiger partial charge < -0.3 is 33.2 Å². The quantitative estimate of drug-likeness (QED) is 0.0497. The summed E-state index contributed by atoms with van der Waals surface area (Å²) in [4.78, 5) is 59.0. The largest absolute Gasteiger partial charge is 0.463 e. The summed E-state index contributed by atoms with van der Waals surface area (Å²) in [5, 5.41) is 0. The predicted octanol–water partition coefficient (Wildman–Crippen LogP) is 7.45. The third-order valence-electron chi connectivity index (χ3n) is 8.18. The molecule has 0 aromatic rings. The van der Waals surface area contributed by atoms with Crippen molar-refractivity contribution in [3.8, 4) is 0 Å². The molecule has 5 atom stereocenters. The van der Waals surface area contributed by atoms with Crippen molar-refractivity contribution in [2.45, 2.75) is 200 Å². The van der Waals surface area contributed by atoms with Crippen molar-refractivity contribution in [3.05, 3.63) is 0 Å². The molecule has 1 aliphatic heterocycles. The highest BCUT2D eigenvalue weighted by Gasteiger charge is 2.52. The molecule has 1 heterocycles. The number of unbranched alkanes of at least 4 members (excludes halogenated alkanes) is 16. The number of esters is 5. The lowest BCUT2D eigenvalue weighted by Gasteiger charge is -2.44. The van der Waals surface area contributed by atoms with Crippen LogP contribution in [0.3, 0.4) is 0 Å². The lowest BCUT2D eigenvalue weighted by molar-refractivity contribution is -0.308. The van der Waals surface area contributed by atoms with Gasteiger partial charge in [-0.1, -0.05) is 96.3 Å². The first-order valence-corrected chi connectivity index (χ1v) is 18.8. The molecule has 290 valence electrons. The lowest BCUT2D eigenvalue weighted by Crippen LogP contribution is -2.63. The summed E-state index contributed by atoms with van der Waals surface area (Å²) in [7, 11) is 0. The molecule has 0 N–H and O–H groups in total. The Labute approximate surface area is 300 Å². The van der Waals surface area contributed by atoms with E-state index in [2.05, 4.69) is 0 Å². The van der Waals surface area contributed by atoms with Gasteiger partial charge in [-0.05, 0) is 33.6 Å². The fourth-order valence-corrected chi connectivity index (χ4v) is 5.94. The van der Waals surface area contributed by atoms with Crippen LogP contribution in [0, 0.1) is 0 Å². The molecule has 0 unspecified atom stereocenters. The molecule has 1 fully saturated rings. The second-order valence-electron chi connectivity index (χ2n) is 14.3. The molecule has 0 radical (unpaired) electrons. The van der Waals surface area contributed by atoms with E-state index in [1.807, 2.05) is 20.8 Å². The van der Waals surface area contributed by atoms with Crippen LogP contribution in [-0.2, 0) is 57.1 Å². The number of hydrogen-bond acceptors (Lipinski definition) is 12. The fraction of sp³-hybridized carbons (Fsp3) is 0.868. The number of ether oxygens (including phenoxy) is 7. The van der Waals surface area contributed by atoms with E-state index in [1.54, 1.807) is 0 Å². The molecule has 0 aliphatic carbocycles. The standard InChI is InChI=1S/C38H66O12/c1-28(39)45-27-32-34(46-29(2)40)35(47-30(3)41)36(48-31(4)42)37(49-32)44-26-24-22-20-18-16-14-12-10-8-9-11-13-15-17-19-21-23-25-33(43)50-38(5,6)7/h32,34-37H,8-27H2,1-7H3/t32-,34-,35+,36-,37-/m1/s1. The highest BCUT2D eigenvalue weighted by Crippen LogP contribution is 2.30. The van der Waals surface area contributed by atoms with Crippen molar-refractivity contribution >= 4 is 29.8 Å². The molecule has 50 heavy (non-hydrogen) atoms. The maximum atomic E-state index is 12.0. The van der Waals surface area contributed by atoms with E-state index in [0.29, 0.717) is 13.0 Å². The molecule has 0 bridgehead atoms. The number of hydrogen-bond donors (Lipinski definition) is 0. The smallest absolute Gasteiger partial charge is 0.306 e. The van der Waals surface area contributed by atoms with Crippen LogP contribution in [0.15, 0.2) is 0 Å². The summed E-state index contributed by atoms with van der Waals surface area (Å²) in [5.41, 5.74) is -0.394. The van der Waals surface area contributed by atoms with E-state index in [4.69, 9.17) is 33.2 Å². The Kier molecular flexibility index (Phi) is 23.6. The average molecular weight is 715 g/mol. The van der Waals surface area contributed by atoms with Gasteiger partial charge in [0.05, 0.1) is 0 Å². The Balaban J connectivity index is 2.23. The van der Waals surface area contributed by atoms with Crippen LogP contribution in [0.1, 0.15) is 164 Å². The number of carbonyl (C=O) groups is 5. The Morgan fingerprint density at radius 3 is 1.34 bits per heavy atom. The summed E-state index contributed by atoms with van der Waals surface area (Å²) in [6.45, 7) is 10.5. The highest BCUT2D eigenvalue weighted by atomic mass is 16.7. The molecular formula is C38H66O12. The van der Waals surface area contributed by atoms with Gasteiger partial charge in [-0.25, -0.2) is 0 Å². The topological polar surface area (TPSA) is 150 Å². The summed E-state index contributed by atoms with van der Waals surface area (Å²) in [5.74, 6) is -2.66. The SMILES string of the molecule is CC(=O)OC[C@H]1O[C@@H](OCCCCCCCCCCCCCCCCCCCC(=O)OC(C)(C)C)[C@H](OC(C)=O)[C@@H](OC(C)=O)[C@@H]1OC(C)=O. The van der Waals surface area contributed by atoms with Gasteiger partial charge >= 0.3 is 29.8 Å². The summed E-state index contributed by atoms with van der Waals surface area (Å²) in [6.07, 6.45) is 14.6. The minimum atomic E-state index is -1.22. The molecule has 0 aromatic heterocycles. The molecule has 0 amide bonds. The Morgan fingerprint density at radius 2 is 0.920 bits per heavy atom. The molecule has 0 saturated carbocycles. The molecule has 1 saturated heterocycles. The van der Waals surface area contributed by atoms with Crippen molar-refractivity contribution < 1.29 is 57.1 Å². The average Bonchev–Trinajstić information content (AvgIpc) is 3.00. The summed E-state index contributed by atoms with van der Waals surface area (Å²) >= 11 is 0. The van der Waals surface area contributed by atoms with Gasteiger partial charge in [-0.15, -0.1) is 0 Å². The van der Waals surface area contributed by atoms with Crippen LogP contribution < -0.4 is 0 Å². The van der Waals surface area contributed by atoms with Gasteiger partial charge in [-0.3, -0.25) is 24.0 Å². The Morgan fingerprint density at radius 1 is 0.520 bits per heavy atom. The Bertz CT molecular complexity index is 991. The zero-order valence-corrected chi connectivity index (χ0v) is 31.9. The third-order valence-corrected chi connectivity index (χ3v) is 8.18. The van der Waals surface area contributed by atoms with Crippen molar-refractivity contribution in [1.29, 1.82) is 0 Å². The lowest BCUT2D eigenvalue weighted by atomic mass is 9.98. The summed E-state index contributed by atoms with van der Waals surface area (Å²) in [6, 6.07) is 0. The van der Waals surface area contributed by atoms with Gasteiger partial charge in [0.25, 0.3) is 0 Å². The maximum Gasteiger partial charge on any atom is 0.306 e. The van der Waals surface area contributed by atoms with Crippen LogP contribution in [0.25, 0.3) is 0 Å². The zero-order valence-electron chi connectivity index (χ0n) is 31.9. The fourth-order valence-electron chi connectivity index (χ4n) is 5.94. The van der Waals surface area contributed by atoms with E-state index in [9.17, 15) is 24.0 Å². The molecular weight excluding hydrogens is 648 g/mol. The molecule has 1 rings (SSSR count). The zero-order chi connectivity index (χ0) is 37.4. The maximum absolute atomic E-state index is 12.0. The Hall–Kier alpha value is -2.73. The van der Waals surface area contributed by atoms with Gasteiger partial charge in [0.15, 0.2) is 24.6 Å². The van der Waals surface area contributed by atoms with Crippen molar-refractivity contribution in [2.75, 3.05) is 13.2 Å². The molecule has 0 aromatic carbocycles. The van der Waals surface area contributed by atoms with Gasteiger partial charge in [0, 0.05) is 40.7 Å². The number of carbonyl (C=O) groups excluding carboxylic acids is 5.